The van der Waals surface area contributed by atoms with Gasteiger partial charge in [-0.25, -0.2) is 0 Å². The van der Waals surface area contributed by atoms with Crippen LogP contribution in [0.1, 0.15) is 24.2 Å². The normalized spacial score (nSPS) is 11.5. The minimum Gasteiger partial charge on any atom is -0.481 e. The Morgan fingerprint density at radius 3 is 2.74 bits per heavy atom. The van der Waals surface area contributed by atoms with E-state index in [4.69, 9.17) is 5.11 Å². The molecular formula is C14H16N2O3. The van der Waals surface area contributed by atoms with E-state index in [2.05, 4.69) is 10.3 Å². The standard InChI is InChI=1S/C14H16N2O3/c1-14(2,13(18)19)8-16-12(17)10-5-3-4-9-6-7-15-11(9)10/h3-7,15H,8H2,1-2H3,(H,16,17)(H,18,19). The number of nitrogens with one attached hydrogen (secondary N) is 2. The Bertz CT molecular complexity index is 628. The van der Waals surface area contributed by atoms with E-state index in [0.717, 1.165) is 10.9 Å². The first-order valence-electron chi connectivity index (χ1n) is 5.99. The molecule has 3 N–H and O–H groups in total. The van der Waals surface area contributed by atoms with Gasteiger partial charge in [-0.2, -0.15) is 0 Å². The second-order valence-corrected chi connectivity index (χ2v) is 5.12. The summed E-state index contributed by atoms with van der Waals surface area (Å²) in [5.41, 5.74) is 0.288. The molecule has 0 radical (unpaired) electrons. The summed E-state index contributed by atoms with van der Waals surface area (Å²) in [6, 6.07) is 7.30. The Morgan fingerprint density at radius 2 is 2.05 bits per heavy atom. The highest BCUT2D eigenvalue weighted by molar-refractivity contribution is 6.05. The van der Waals surface area contributed by atoms with Gasteiger partial charge in [-0.1, -0.05) is 12.1 Å². The molecule has 100 valence electrons. The molecule has 0 fully saturated rings. The monoisotopic (exact) mass is 260 g/mol. The highest BCUT2D eigenvalue weighted by atomic mass is 16.4. The minimum atomic E-state index is -0.987. The van der Waals surface area contributed by atoms with Gasteiger partial charge < -0.3 is 15.4 Å². The van der Waals surface area contributed by atoms with Crippen LogP contribution in [0.5, 0.6) is 0 Å². The number of aromatic amines is 1. The lowest BCUT2D eigenvalue weighted by Gasteiger charge is -2.19. The zero-order valence-electron chi connectivity index (χ0n) is 10.9. The summed E-state index contributed by atoms with van der Waals surface area (Å²) in [5, 5.41) is 12.6. The van der Waals surface area contributed by atoms with Gasteiger partial charge in [-0.15, -0.1) is 0 Å². The number of carbonyl (C=O) groups excluding carboxylic acids is 1. The molecule has 5 heteroatoms. The molecule has 0 atom stereocenters. The van der Waals surface area contributed by atoms with Crippen LogP contribution in [-0.2, 0) is 4.79 Å². The van der Waals surface area contributed by atoms with E-state index in [0.29, 0.717) is 5.56 Å². The maximum atomic E-state index is 12.1. The van der Waals surface area contributed by atoms with Gasteiger partial charge >= 0.3 is 5.97 Å². The van der Waals surface area contributed by atoms with E-state index >= 15 is 0 Å². The number of hydrogen-bond acceptors (Lipinski definition) is 2. The van der Waals surface area contributed by atoms with Crippen molar-refractivity contribution in [3.05, 3.63) is 36.0 Å². The molecule has 2 aromatic rings. The van der Waals surface area contributed by atoms with Gasteiger partial charge in [0.25, 0.3) is 5.91 Å². The second kappa shape index (κ2) is 4.76. The van der Waals surface area contributed by atoms with Crippen LogP contribution in [0, 0.1) is 5.41 Å². The number of fused-ring (bicyclic) bond motifs is 1. The van der Waals surface area contributed by atoms with Crippen molar-refractivity contribution in [2.45, 2.75) is 13.8 Å². The van der Waals surface area contributed by atoms with Crippen molar-refractivity contribution < 1.29 is 14.7 Å². The molecule has 5 nitrogen and oxygen atoms in total. The number of benzene rings is 1. The Morgan fingerprint density at radius 1 is 1.32 bits per heavy atom. The molecule has 1 aromatic carbocycles. The van der Waals surface area contributed by atoms with Crippen LogP contribution in [0.25, 0.3) is 10.9 Å². The lowest BCUT2D eigenvalue weighted by molar-refractivity contribution is -0.146. The van der Waals surface area contributed by atoms with Crippen LogP contribution in [0.2, 0.25) is 0 Å². The van der Waals surface area contributed by atoms with E-state index in [-0.39, 0.29) is 12.5 Å². The van der Waals surface area contributed by atoms with Crippen molar-refractivity contribution >= 4 is 22.8 Å². The highest BCUT2D eigenvalue weighted by Gasteiger charge is 2.27. The first-order chi connectivity index (χ1) is 8.92. The fraction of sp³-hybridized carbons (Fsp3) is 0.286. The van der Waals surface area contributed by atoms with Gasteiger partial charge in [-0.3, -0.25) is 9.59 Å². The lowest BCUT2D eigenvalue weighted by atomic mass is 9.94. The number of carboxylic acid groups (broad SMARTS) is 1. The van der Waals surface area contributed by atoms with Crippen LogP contribution < -0.4 is 5.32 Å². The van der Waals surface area contributed by atoms with Crippen molar-refractivity contribution in [3.63, 3.8) is 0 Å². The maximum Gasteiger partial charge on any atom is 0.310 e. The van der Waals surface area contributed by atoms with Gasteiger partial charge in [-0.05, 0) is 26.0 Å². The third-order valence-electron chi connectivity index (χ3n) is 3.10. The summed E-state index contributed by atoms with van der Waals surface area (Å²) in [4.78, 5) is 26.1. The van der Waals surface area contributed by atoms with E-state index < -0.39 is 11.4 Å². The van der Waals surface area contributed by atoms with Crippen LogP contribution in [0.4, 0.5) is 0 Å². The van der Waals surface area contributed by atoms with Gasteiger partial charge in [0.1, 0.15) is 0 Å². The summed E-state index contributed by atoms with van der Waals surface area (Å²) in [6.07, 6.45) is 1.77. The maximum absolute atomic E-state index is 12.1. The molecule has 19 heavy (non-hydrogen) atoms. The molecule has 1 amide bonds. The fourth-order valence-electron chi connectivity index (χ4n) is 1.75. The SMILES string of the molecule is CC(C)(CNC(=O)c1cccc2cc[nH]c12)C(=O)O. The summed E-state index contributed by atoms with van der Waals surface area (Å²) >= 11 is 0. The zero-order valence-corrected chi connectivity index (χ0v) is 10.9. The summed E-state index contributed by atoms with van der Waals surface area (Å²) in [5.74, 6) is -1.21. The number of H-pyrrole nitrogens is 1. The van der Waals surface area contributed by atoms with Gasteiger partial charge in [0.05, 0.1) is 16.5 Å². The Kier molecular flexibility index (Phi) is 3.29. The summed E-state index contributed by atoms with van der Waals surface area (Å²) in [6.45, 7) is 3.23. The third-order valence-corrected chi connectivity index (χ3v) is 3.10. The van der Waals surface area contributed by atoms with Crippen LogP contribution in [-0.4, -0.2) is 28.5 Å². The average Bonchev–Trinajstić information content (AvgIpc) is 2.83. The Labute approximate surface area is 110 Å². The summed E-state index contributed by atoms with van der Waals surface area (Å²) in [7, 11) is 0. The predicted molar refractivity (Wildman–Crippen MR) is 72.0 cm³/mol. The molecule has 0 unspecified atom stereocenters. The smallest absolute Gasteiger partial charge is 0.310 e. The van der Waals surface area contributed by atoms with Crippen LogP contribution >= 0.6 is 0 Å². The number of rotatable bonds is 4. The topological polar surface area (TPSA) is 82.2 Å². The molecule has 1 aromatic heterocycles. The van der Waals surface area contributed by atoms with Gasteiger partial charge in [0, 0.05) is 18.1 Å². The van der Waals surface area contributed by atoms with Crippen LogP contribution in [0.3, 0.4) is 0 Å². The highest BCUT2D eigenvalue weighted by Crippen LogP contribution is 2.18. The number of hydrogen-bond donors (Lipinski definition) is 3. The first kappa shape index (κ1) is 13.1. The van der Waals surface area contributed by atoms with Gasteiger partial charge in [0.2, 0.25) is 0 Å². The van der Waals surface area contributed by atoms with E-state index in [1.165, 1.54) is 0 Å². The number of carboxylic acids is 1. The molecule has 0 aliphatic rings. The number of aliphatic carboxylic acids is 1. The van der Waals surface area contributed by atoms with Gasteiger partial charge in [0.15, 0.2) is 0 Å². The molecule has 0 saturated carbocycles. The fourth-order valence-corrected chi connectivity index (χ4v) is 1.75. The van der Waals surface area contributed by atoms with Crippen molar-refractivity contribution in [1.29, 1.82) is 0 Å². The number of carbonyl (C=O) groups is 2. The molecule has 2 rings (SSSR count). The van der Waals surface area contributed by atoms with Crippen molar-refractivity contribution in [2.75, 3.05) is 6.54 Å². The average molecular weight is 260 g/mol. The lowest BCUT2D eigenvalue weighted by Crippen LogP contribution is -2.38. The molecule has 0 aliphatic carbocycles. The third kappa shape index (κ3) is 2.59. The molecule has 1 heterocycles. The van der Waals surface area contributed by atoms with E-state index in [1.807, 2.05) is 12.1 Å². The Hall–Kier alpha value is -2.30. The molecule has 0 aliphatic heterocycles. The molecule has 0 bridgehead atoms. The van der Waals surface area contributed by atoms with E-state index in [9.17, 15) is 9.59 Å². The summed E-state index contributed by atoms with van der Waals surface area (Å²) < 4.78 is 0. The molecule has 0 saturated heterocycles. The predicted octanol–water partition coefficient (Wildman–Crippen LogP) is 2.01. The van der Waals surface area contributed by atoms with Crippen molar-refractivity contribution in [1.82, 2.24) is 10.3 Å². The minimum absolute atomic E-state index is 0.0816. The number of aromatic nitrogens is 1. The molecule has 0 spiro atoms. The van der Waals surface area contributed by atoms with Crippen molar-refractivity contribution in [3.8, 4) is 0 Å². The zero-order chi connectivity index (χ0) is 14.0. The quantitative estimate of drug-likeness (QED) is 0.786. The second-order valence-electron chi connectivity index (χ2n) is 5.12. The largest absolute Gasteiger partial charge is 0.481 e. The van der Waals surface area contributed by atoms with Crippen LogP contribution in [0.15, 0.2) is 30.5 Å². The Balaban J connectivity index is 2.17. The number of amides is 1. The van der Waals surface area contributed by atoms with Crippen molar-refractivity contribution in [2.24, 2.45) is 5.41 Å². The van der Waals surface area contributed by atoms with E-state index in [1.54, 1.807) is 32.2 Å². The number of para-hydroxylation sites is 1. The first-order valence-corrected chi connectivity index (χ1v) is 5.99. The molecular weight excluding hydrogens is 244 g/mol.